The molecule has 7 nitrogen and oxygen atoms in total. The Kier molecular flexibility index (Phi) is 7.91. The monoisotopic (exact) mass is 414 g/mol. The van der Waals surface area contributed by atoms with Gasteiger partial charge >= 0.3 is 6.03 Å². The molecule has 0 saturated heterocycles. The number of amides is 4. The number of hydrogen-bond acceptors (Lipinski definition) is 3. The van der Waals surface area contributed by atoms with Crippen LogP contribution in [0.1, 0.15) is 22.3 Å². The van der Waals surface area contributed by atoms with Crippen LogP contribution in [0.25, 0.3) is 0 Å². The molecule has 2 rings (SSSR count). The minimum Gasteiger partial charge on any atom is -0.335 e. The highest BCUT2D eigenvalue weighted by molar-refractivity contribution is 5.96. The van der Waals surface area contributed by atoms with Gasteiger partial charge in [-0.2, -0.15) is 0 Å². The van der Waals surface area contributed by atoms with Gasteiger partial charge < -0.3 is 20.9 Å². The van der Waals surface area contributed by atoms with E-state index in [0.29, 0.717) is 0 Å². The predicted octanol–water partition coefficient (Wildman–Crippen LogP) is 2.65. The van der Waals surface area contributed by atoms with Gasteiger partial charge in [0.1, 0.15) is 5.82 Å². The summed E-state index contributed by atoms with van der Waals surface area (Å²) >= 11 is 0. The van der Waals surface area contributed by atoms with Crippen molar-refractivity contribution in [2.75, 3.05) is 25.5 Å². The van der Waals surface area contributed by atoms with Crippen LogP contribution in [0, 0.1) is 26.6 Å². The molecule has 160 valence electrons. The van der Waals surface area contributed by atoms with E-state index >= 15 is 0 Å². The van der Waals surface area contributed by atoms with Crippen LogP contribution in [0.4, 0.5) is 14.9 Å². The van der Waals surface area contributed by atoms with Gasteiger partial charge in [0.05, 0.1) is 13.1 Å². The maximum atomic E-state index is 12.9. The summed E-state index contributed by atoms with van der Waals surface area (Å²) < 4.78 is 12.9. The van der Waals surface area contributed by atoms with Gasteiger partial charge in [-0.15, -0.1) is 0 Å². The van der Waals surface area contributed by atoms with Crippen molar-refractivity contribution >= 4 is 23.5 Å². The quantitative estimate of drug-likeness (QED) is 0.651. The molecule has 30 heavy (non-hydrogen) atoms. The average molecular weight is 414 g/mol. The van der Waals surface area contributed by atoms with E-state index in [1.165, 1.54) is 24.1 Å². The lowest BCUT2D eigenvalue weighted by Crippen LogP contribution is -2.44. The summed E-state index contributed by atoms with van der Waals surface area (Å²) in [5, 5.41) is 7.87. The van der Waals surface area contributed by atoms with E-state index in [-0.39, 0.29) is 31.4 Å². The first-order valence-electron chi connectivity index (χ1n) is 9.53. The maximum Gasteiger partial charge on any atom is 0.315 e. The molecule has 0 radical (unpaired) electrons. The molecule has 2 aromatic carbocycles. The summed E-state index contributed by atoms with van der Waals surface area (Å²) in [7, 11) is 1.49. The fourth-order valence-corrected chi connectivity index (χ4v) is 3.00. The van der Waals surface area contributed by atoms with Crippen molar-refractivity contribution in [3.63, 3.8) is 0 Å². The largest absolute Gasteiger partial charge is 0.335 e. The van der Waals surface area contributed by atoms with Crippen LogP contribution in [-0.2, 0) is 16.1 Å². The number of aryl methyl sites for hydroxylation is 3. The van der Waals surface area contributed by atoms with Crippen LogP contribution in [0.15, 0.2) is 36.4 Å². The van der Waals surface area contributed by atoms with E-state index < -0.39 is 11.9 Å². The number of nitrogens with one attached hydrogen (secondary N) is 3. The van der Waals surface area contributed by atoms with E-state index in [2.05, 4.69) is 16.0 Å². The Labute approximate surface area is 175 Å². The second-order valence-corrected chi connectivity index (χ2v) is 7.23. The van der Waals surface area contributed by atoms with Gasteiger partial charge in [0.15, 0.2) is 0 Å². The van der Waals surface area contributed by atoms with Crippen molar-refractivity contribution in [1.82, 2.24) is 15.5 Å². The van der Waals surface area contributed by atoms with Gasteiger partial charge in [-0.25, -0.2) is 9.18 Å². The van der Waals surface area contributed by atoms with E-state index in [4.69, 9.17) is 0 Å². The zero-order valence-electron chi connectivity index (χ0n) is 17.6. The van der Waals surface area contributed by atoms with Crippen LogP contribution in [0.5, 0.6) is 0 Å². The number of anilines is 1. The molecule has 0 bridgehead atoms. The highest BCUT2D eigenvalue weighted by atomic mass is 19.1. The molecular formula is C22H27FN4O3. The fraction of sp³-hybridized carbons (Fsp3) is 0.318. The Morgan fingerprint density at radius 1 is 0.967 bits per heavy atom. The number of nitrogens with zero attached hydrogens (tertiary/aromatic N) is 1. The first-order valence-corrected chi connectivity index (χ1v) is 9.53. The Morgan fingerprint density at radius 3 is 2.17 bits per heavy atom. The molecule has 0 aliphatic heterocycles. The van der Waals surface area contributed by atoms with Gasteiger partial charge in [-0.3, -0.25) is 9.59 Å². The predicted molar refractivity (Wildman–Crippen MR) is 114 cm³/mol. The molecule has 0 fully saturated rings. The topological polar surface area (TPSA) is 90.5 Å². The smallest absolute Gasteiger partial charge is 0.315 e. The summed E-state index contributed by atoms with van der Waals surface area (Å²) in [5.41, 5.74) is 4.49. The molecule has 0 aromatic heterocycles. The number of carbonyl (C=O) groups excluding carboxylic acids is 3. The van der Waals surface area contributed by atoms with E-state index in [9.17, 15) is 18.8 Å². The fourth-order valence-electron chi connectivity index (χ4n) is 3.00. The lowest BCUT2D eigenvalue weighted by atomic mass is 10.1. The third-order valence-electron chi connectivity index (χ3n) is 4.51. The molecule has 8 heteroatoms. The number of likely N-dealkylation sites (N-methyl/N-ethyl adjacent to an activating group) is 1. The van der Waals surface area contributed by atoms with E-state index in [1.807, 2.05) is 32.9 Å². The van der Waals surface area contributed by atoms with Crippen LogP contribution < -0.4 is 16.0 Å². The molecule has 3 N–H and O–H groups in total. The van der Waals surface area contributed by atoms with Crippen molar-refractivity contribution in [2.24, 2.45) is 0 Å². The molecule has 0 aliphatic carbocycles. The van der Waals surface area contributed by atoms with Crippen molar-refractivity contribution in [3.05, 3.63) is 64.5 Å². The minimum absolute atomic E-state index is 0.134. The second kappa shape index (κ2) is 10.4. The van der Waals surface area contributed by atoms with Gasteiger partial charge in [-0.1, -0.05) is 29.8 Å². The molecule has 0 atom stereocenters. The number of urea groups is 1. The number of carbonyl (C=O) groups is 3. The Balaban J connectivity index is 1.76. The molecule has 0 aliphatic rings. The van der Waals surface area contributed by atoms with Crippen molar-refractivity contribution in [1.29, 1.82) is 0 Å². The first-order chi connectivity index (χ1) is 14.2. The van der Waals surface area contributed by atoms with E-state index in [0.717, 1.165) is 27.9 Å². The van der Waals surface area contributed by atoms with Crippen molar-refractivity contribution in [3.8, 4) is 0 Å². The van der Waals surface area contributed by atoms with E-state index in [1.54, 1.807) is 12.1 Å². The summed E-state index contributed by atoms with van der Waals surface area (Å²) in [5.74, 6) is -1.07. The number of hydrogen-bond donors (Lipinski definition) is 3. The molecule has 2 aromatic rings. The van der Waals surface area contributed by atoms with Gasteiger partial charge in [-0.05, 0) is 49.6 Å². The first kappa shape index (κ1) is 22.9. The normalized spacial score (nSPS) is 10.3. The third-order valence-corrected chi connectivity index (χ3v) is 4.51. The van der Waals surface area contributed by atoms with Crippen LogP contribution in [0.3, 0.4) is 0 Å². The van der Waals surface area contributed by atoms with Gasteiger partial charge in [0.25, 0.3) is 0 Å². The zero-order chi connectivity index (χ0) is 22.3. The summed E-state index contributed by atoms with van der Waals surface area (Å²) in [6, 6.07) is 9.15. The SMILES string of the molecule is Cc1cc(C)c(NC(=O)CN(C)C(=O)CNC(=O)NCc2ccc(F)cc2)c(C)c1. The van der Waals surface area contributed by atoms with Crippen LogP contribution in [-0.4, -0.2) is 42.9 Å². The molecule has 4 amide bonds. The number of halogens is 1. The average Bonchev–Trinajstić information content (AvgIpc) is 2.68. The number of rotatable bonds is 7. The second-order valence-electron chi connectivity index (χ2n) is 7.23. The Morgan fingerprint density at radius 2 is 1.57 bits per heavy atom. The van der Waals surface area contributed by atoms with Crippen LogP contribution >= 0.6 is 0 Å². The Bertz CT molecular complexity index is 905. The molecule has 0 saturated carbocycles. The molecule has 0 spiro atoms. The maximum absolute atomic E-state index is 12.9. The third kappa shape index (κ3) is 6.88. The summed E-state index contributed by atoms with van der Waals surface area (Å²) in [6.07, 6.45) is 0. The highest BCUT2D eigenvalue weighted by Gasteiger charge is 2.15. The molecule has 0 unspecified atom stereocenters. The van der Waals surface area contributed by atoms with Gasteiger partial charge in [0.2, 0.25) is 11.8 Å². The standard InChI is InChI=1S/C22H27FN4O3/c1-14-9-15(2)21(16(3)10-14)26-19(28)13-27(4)20(29)12-25-22(30)24-11-17-5-7-18(23)8-6-17/h5-10H,11-13H2,1-4H3,(H,26,28)(H2,24,25,30). The Hall–Kier alpha value is -3.42. The van der Waals surface area contributed by atoms with Gasteiger partial charge in [0, 0.05) is 19.3 Å². The highest BCUT2D eigenvalue weighted by Crippen LogP contribution is 2.21. The lowest BCUT2D eigenvalue weighted by molar-refractivity contribution is -0.132. The number of benzene rings is 2. The summed E-state index contributed by atoms with van der Waals surface area (Å²) in [6.45, 7) is 5.64. The minimum atomic E-state index is -0.531. The molecule has 0 heterocycles. The van der Waals surface area contributed by atoms with Crippen LogP contribution in [0.2, 0.25) is 0 Å². The lowest BCUT2D eigenvalue weighted by Gasteiger charge is -2.19. The van der Waals surface area contributed by atoms with Crippen molar-refractivity contribution in [2.45, 2.75) is 27.3 Å². The van der Waals surface area contributed by atoms with Crippen molar-refractivity contribution < 1.29 is 18.8 Å². The molecular weight excluding hydrogens is 387 g/mol. The zero-order valence-corrected chi connectivity index (χ0v) is 17.6. The summed E-state index contributed by atoms with van der Waals surface area (Å²) in [4.78, 5) is 37.6.